The molecule has 0 bridgehead atoms. The van der Waals surface area contributed by atoms with E-state index in [9.17, 15) is 18.0 Å². The lowest BCUT2D eigenvalue weighted by Gasteiger charge is -2.32. The zero-order valence-corrected chi connectivity index (χ0v) is 12.6. The Hall–Kier alpha value is -1.56. The Labute approximate surface area is 128 Å². The first-order valence-corrected chi connectivity index (χ1v) is 7.48. The van der Waals surface area contributed by atoms with Crippen LogP contribution in [0.25, 0.3) is 0 Å². The number of rotatable bonds is 3. The summed E-state index contributed by atoms with van der Waals surface area (Å²) in [6.07, 6.45) is -2.27. The van der Waals surface area contributed by atoms with Gasteiger partial charge in [0.25, 0.3) is 0 Å². The summed E-state index contributed by atoms with van der Waals surface area (Å²) in [7, 11) is 0. The molecule has 6 heteroatoms. The van der Waals surface area contributed by atoms with Crippen LogP contribution < -0.4 is 5.73 Å². The first kappa shape index (κ1) is 16.8. The van der Waals surface area contributed by atoms with Crippen LogP contribution in [0.2, 0.25) is 0 Å². The van der Waals surface area contributed by atoms with Crippen LogP contribution in [0.5, 0.6) is 0 Å². The first-order valence-electron chi connectivity index (χ1n) is 7.48. The maximum Gasteiger partial charge on any atom is 0.416 e. The number of nitrogens with zero attached hydrogens (tertiary/aromatic N) is 1. The third-order valence-corrected chi connectivity index (χ3v) is 3.99. The van der Waals surface area contributed by atoms with E-state index < -0.39 is 11.7 Å². The Morgan fingerprint density at radius 2 is 2.18 bits per heavy atom. The number of benzene rings is 1. The average molecular weight is 314 g/mol. The lowest BCUT2D eigenvalue weighted by Crippen LogP contribution is -2.47. The minimum Gasteiger partial charge on any atom is -0.341 e. The predicted octanol–water partition coefficient (Wildman–Crippen LogP) is 2.83. The van der Waals surface area contributed by atoms with Crippen LogP contribution in [0.15, 0.2) is 24.3 Å². The second kappa shape index (κ2) is 6.69. The van der Waals surface area contributed by atoms with Crippen LogP contribution in [0, 0.1) is 5.92 Å². The maximum absolute atomic E-state index is 12.7. The summed E-state index contributed by atoms with van der Waals surface area (Å²) in [5, 5.41) is 0. The fraction of sp³-hybridized carbons (Fsp3) is 0.562. The predicted molar refractivity (Wildman–Crippen MR) is 78.1 cm³/mol. The molecule has 1 aliphatic rings. The van der Waals surface area contributed by atoms with Crippen molar-refractivity contribution < 1.29 is 18.0 Å². The van der Waals surface area contributed by atoms with Gasteiger partial charge in [0.1, 0.15) is 0 Å². The van der Waals surface area contributed by atoms with Gasteiger partial charge in [-0.05, 0) is 30.9 Å². The minimum atomic E-state index is -4.36. The molecule has 1 aromatic carbocycles. The third-order valence-electron chi connectivity index (χ3n) is 3.99. The molecule has 1 fully saturated rings. The van der Waals surface area contributed by atoms with Crippen molar-refractivity contribution in [3.05, 3.63) is 35.4 Å². The van der Waals surface area contributed by atoms with E-state index in [0.717, 1.165) is 25.0 Å². The summed E-state index contributed by atoms with van der Waals surface area (Å²) in [4.78, 5) is 14.1. The van der Waals surface area contributed by atoms with Gasteiger partial charge in [0.2, 0.25) is 5.91 Å². The van der Waals surface area contributed by atoms with E-state index in [4.69, 9.17) is 5.73 Å². The topological polar surface area (TPSA) is 46.3 Å². The van der Waals surface area contributed by atoms with Crippen LogP contribution in [0.4, 0.5) is 13.2 Å². The number of hydrogen-bond acceptors (Lipinski definition) is 2. The smallest absolute Gasteiger partial charge is 0.341 e. The molecule has 122 valence electrons. The molecule has 1 amide bonds. The monoisotopic (exact) mass is 314 g/mol. The first-order chi connectivity index (χ1) is 10.3. The number of amides is 1. The average Bonchev–Trinajstić information content (AvgIpc) is 2.46. The number of halogens is 3. The van der Waals surface area contributed by atoms with Crippen molar-refractivity contribution >= 4 is 5.91 Å². The summed E-state index contributed by atoms with van der Waals surface area (Å²) in [5.74, 6) is -0.388. The second-order valence-electron chi connectivity index (χ2n) is 5.99. The van der Waals surface area contributed by atoms with Crippen molar-refractivity contribution in [2.24, 2.45) is 11.7 Å². The van der Waals surface area contributed by atoms with Crippen LogP contribution in [-0.4, -0.2) is 29.9 Å². The highest BCUT2D eigenvalue weighted by Crippen LogP contribution is 2.30. The fourth-order valence-corrected chi connectivity index (χ4v) is 2.84. The van der Waals surface area contributed by atoms with Gasteiger partial charge in [0.05, 0.1) is 5.56 Å². The largest absolute Gasteiger partial charge is 0.416 e. The van der Waals surface area contributed by atoms with Gasteiger partial charge >= 0.3 is 6.18 Å². The normalized spacial score (nSPS) is 20.8. The molecule has 0 radical (unpaired) electrons. The molecule has 1 aromatic rings. The number of alkyl halides is 3. The van der Waals surface area contributed by atoms with E-state index in [0.29, 0.717) is 25.1 Å². The molecule has 1 saturated heterocycles. The van der Waals surface area contributed by atoms with Crippen LogP contribution in [0.3, 0.4) is 0 Å². The van der Waals surface area contributed by atoms with E-state index in [1.165, 1.54) is 6.07 Å². The number of piperidine rings is 1. The van der Waals surface area contributed by atoms with E-state index in [1.807, 2.05) is 0 Å². The molecule has 0 aromatic heterocycles. The number of carbonyl (C=O) groups excluding carboxylic acids is 1. The molecule has 1 heterocycles. The Kier molecular flexibility index (Phi) is 5.11. The highest BCUT2D eigenvalue weighted by Gasteiger charge is 2.31. The molecule has 2 atom stereocenters. The van der Waals surface area contributed by atoms with Crippen molar-refractivity contribution in [2.75, 3.05) is 13.1 Å². The lowest BCUT2D eigenvalue weighted by atomic mass is 9.96. The molecule has 0 unspecified atom stereocenters. The van der Waals surface area contributed by atoms with Gasteiger partial charge in [-0.25, -0.2) is 0 Å². The highest BCUT2D eigenvalue weighted by atomic mass is 19.4. The van der Waals surface area contributed by atoms with Crippen molar-refractivity contribution in [2.45, 2.75) is 38.4 Å². The molecule has 3 nitrogen and oxygen atoms in total. The molecule has 2 rings (SSSR count). The van der Waals surface area contributed by atoms with E-state index in [-0.39, 0.29) is 17.9 Å². The van der Waals surface area contributed by atoms with Crippen molar-refractivity contribution in [3.8, 4) is 0 Å². The number of likely N-dealkylation sites (tertiary alicyclic amines) is 1. The Morgan fingerprint density at radius 3 is 2.82 bits per heavy atom. The Bertz CT molecular complexity index is 530. The van der Waals surface area contributed by atoms with Gasteiger partial charge < -0.3 is 10.6 Å². The van der Waals surface area contributed by atoms with Crippen molar-refractivity contribution in [3.63, 3.8) is 0 Å². The minimum absolute atomic E-state index is 0.00143. The van der Waals surface area contributed by atoms with Crippen molar-refractivity contribution in [1.29, 1.82) is 0 Å². The summed E-state index contributed by atoms with van der Waals surface area (Å²) in [6, 6.07) is 5.16. The van der Waals surface area contributed by atoms with Crippen LogP contribution in [-0.2, 0) is 17.4 Å². The zero-order valence-electron chi connectivity index (χ0n) is 12.6. The van der Waals surface area contributed by atoms with Crippen LogP contribution >= 0.6 is 0 Å². The summed E-state index contributed by atoms with van der Waals surface area (Å²) < 4.78 is 38.1. The van der Waals surface area contributed by atoms with Crippen molar-refractivity contribution in [1.82, 2.24) is 4.90 Å². The molecule has 2 N–H and O–H groups in total. The number of carbonyl (C=O) groups is 1. The molecular formula is C16H21F3N2O. The Balaban J connectivity index is 2.02. The molecule has 22 heavy (non-hydrogen) atoms. The van der Waals surface area contributed by atoms with Gasteiger partial charge in [-0.3, -0.25) is 4.79 Å². The number of nitrogens with two attached hydrogens (primary N) is 1. The van der Waals surface area contributed by atoms with E-state index >= 15 is 0 Å². The fourth-order valence-electron chi connectivity index (χ4n) is 2.84. The van der Waals surface area contributed by atoms with Gasteiger partial charge in [-0.2, -0.15) is 13.2 Å². The maximum atomic E-state index is 12.7. The Morgan fingerprint density at radius 1 is 1.45 bits per heavy atom. The summed E-state index contributed by atoms with van der Waals surface area (Å²) >= 11 is 0. The highest BCUT2D eigenvalue weighted by molar-refractivity contribution is 5.79. The molecule has 1 aliphatic heterocycles. The van der Waals surface area contributed by atoms with Gasteiger partial charge in [-0.1, -0.05) is 25.1 Å². The third kappa shape index (κ3) is 4.22. The molecule has 0 spiro atoms. The zero-order chi connectivity index (χ0) is 16.3. The summed E-state index contributed by atoms with van der Waals surface area (Å²) in [5.41, 5.74) is 5.71. The standard InChI is InChI=1S/C16H21F3N2O/c1-11(15(22)21-7-3-6-14(20)10-21)8-12-4-2-5-13(9-12)16(17,18)19/h2,4-5,9,11,14H,3,6-8,10,20H2,1H3/t11-,14+/m0/s1. The van der Waals surface area contributed by atoms with Gasteiger partial charge in [0.15, 0.2) is 0 Å². The molecular weight excluding hydrogens is 293 g/mol. The molecule has 0 saturated carbocycles. The van der Waals surface area contributed by atoms with Gasteiger partial charge in [0, 0.05) is 25.0 Å². The SMILES string of the molecule is C[C@@H](Cc1cccc(C(F)(F)F)c1)C(=O)N1CCC[C@@H](N)C1. The second-order valence-corrected chi connectivity index (χ2v) is 5.99. The number of hydrogen-bond donors (Lipinski definition) is 1. The summed E-state index contributed by atoms with van der Waals surface area (Å²) in [6.45, 7) is 2.97. The van der Waals surface area contributed by atoms with Gasteiger partial charge in [-0.15, -0.1) is 0 Å². The van der Waals surface area contributed by atoms with E-state index in [2.05, 4.69) is 0 Å². The van der Waals surface area contributed by atoms with E-state index in [1.54, 1.807) is 17.9 Å². The lowest BCUT2D eigenvalue weighted by molar-refractivity contribution is -0.137. The molecule has 0 aliphatic carbocycles. The van der Waals surface area contributed by atoms with Crippen LogP contribution in [0.1, 0.15) is 30.9 Å². The quantitative estimate of drug-likeness (QED) is 0.932.